The molecule has 142 valence electrons. The predicted molar refractivity (Wildman–Crippen MR) is 103 cm³/mol. The Bertz CT molecular complexity index is 988. The molecule has 1 saturated heterocycles. The molecule has 3 aromatic rings. The van der Waals surface area contributed by atoms with Crippen molar-refractivity contribution in [2.24, 2.45) is 0 Å². The average Bonchev–Trinajstić information content (AvgIpc) is 3.29. The molecule has 8 nitrogen and oxygen atoms in total. The third kappa shape index (κ3) is 3.24. The summed E-state index contributed by atoms with van der Waals surface area (Å²) in [6.07, 6.45) is 11.8. The van der Waals surface area contributed by atoms with Gasteiger partial charge in [0.25, 0.3) is 0 Å². The van der Waals surface area contributed by atoms with Crippen molar-refractivity contribution in [3.05, 3.63) is 54.3 Å². The van der Waals surface area contributed by atoms with Crippen LogP contribution in [-0.4, -0.2) is 42.4 Å². The van der Waals surface area contributed by atoms with E-state index >= 15 is 0 Å². The number of imidazole rings is 1. The van der Waals surface area contributed by atoms with Crippen molar-refractivity contribution in [3.63, 3.8) is 0 Å². The number of pyridine rings is 1. The lowest BCUT2D eigenvalue weighted by atomic mass is 9.95. The molecule has 28 heavy (non-hydrogen) atoms. The van der Waals surface area contributed by atoms with Crippen LogP contribution < -0.4 is 4.90 Å². The topological polar surface area (TPSA) is 88.4 Å². The number of rotatable bonds is 5. The molecule has 0 bridgehead atoms. The molecular formula is C20H22N8. The Labute approximate surface area is 163 Å². The standard InChI is InChI=1S/C20H22N8/c21-12-15-3-6-23-18(11-15)27-8-4-16(5-9-27)20-25-24-19(28(20)17-1-2-17)13-26-10-7-22-14-26/h3,6-7,10-11,14,16-17H,1-2,4-5,8-9,13H2. The summed E-state index contributed by atoms with van der Waals surface area (Å²) in [4.78, 5) is 10.8. The lowest BCUT2D eigenvalue weighted by Gasteiger charge is -2.32. The van der Waals surface area contributed by atoms with Crippen molar-refractivity contribution >= 4 is 5.82 Å². The Hall–Kier alpha value is -3.21. The van der Waals surface area contributed by atoms with Gasteiger partial charge in [0, 0.05) is 43.6 Å². The van der Waals surface area contributed by atoms with Gasteiger partial charge in [-0.05, 0) is 37.8 Å². The Morgan fingerprint density at radius 2 is 1.96 bits per heavy atom. The Balaban J connectivity index is 1.32. The highest BCUT2D eigenvalue weighted by Crippen LogP contribution is 2.40. The fraction of sp³-hybridized carbons (Fsp3) is 0.450. The molecule has 3 aromatic heterocycles. The summed E-state index contributed by atoms with van der Waals surface area (Å²) in [6, 6.07) is 6.36. The molecule has 4 heterocycles. The second-order valence-electron chi connectivity index (χ2n) is 7.59. The number of anilines is 1. The van der Waals surface area contributed by atoms with E-state index in [2.05, 4.69) is 35.7 Å². The van der Waals surface area contributed by atoms with Crippen LogP contribution in [0.15, 0.2) is 37.1 Å². The maximum Gasteiger partial charge on any atom is 0.153 e. The summed E-state index contributed by atoms with van der Waals surface area (Å²) in [5, 5.41) is 18.3. The lowest BCUT2D eigenvalue weighted by Crippen LogP contribution is -2.34. The molecule has 0 atom stereocenters. The number of nitriles is 1. The Morgan fingerprint density at radius 3 is 2.68 bits per heavy atom. The Kier molecular flexibility index (Phi) is 4.28. The molecule has 1 saturated carbocycles. The highest BCUT2D eigenvalue weighted by Gasteiger charge is 2.33. The highest BCUT2D eigenvalue weighted by atomic mass is 15.3. The van der Waals surface area contributed by atoms with E-state index in [1.807, 2.05) is 23.2 Å². The van der Waals surface area contributed by atoms with Crippen molar-refractivity contribution < 1.29 is 0 Å². The predicted octanol–water partition coefficient (Wildman–Crippen LogP) is 2.51. The fourth-order valence-electron chi connectivity index (χ4n) is 4.03. The summed E-state index contributed by atoms with van der Waals surface area (Å²) < 4.78 is 4.43. The van der Waals surface area contributed by atoms with Crippen LogP contribution >= 0.6 is 0 Å². The van der Waals surface area contributed by atoms with Crippen molar-refractivity contribution in [1.82, 2.24) is 29.3 Å². The second-order valence-corrected chi connectivity index (χ2v) is 7.59. The van der Waals surface area contributed by atoms with E-state index in [0.717, 1.165) is 43.4 Å². The van der Waals surface area contributed by atoms with Crippen LogP contribution in [0.1, 0.15) is 54.9 Å². The molecule has 5 rings (SSSR count). The molecule has 8 heteroatoms. The first-order chi connectivity index (χ1) is 13.8. The molecule has 1 aliphatic carbocycles. The van der Waals surface area contributed by atoms with E-state index in [9.17, 15) is 0 Å². The molecule has 0 aromatic carbocycles. The zero-order chi connectivity index (χ0) is 18.9. The SMILES string of the molecule is N#Cc1ccnc(N2CCC(c3nnc(Cn4ccnc4)n3C3CC3)CC2)c1. The highest BCUT2D eigenvalue weighted by molar-refractivity contribution is 5.45. The first-order valence-electron chi connectivity index (χ1n) is 9.82. The molecule has 2 aliphatic rings. The van der Waals surface area contributed by atoms with E-state index in [4.69, 9.17) is 5.26 Å². The number of hydrogen-bond donors (Lipinski definition) is 0. The van der Waals surface area contributed by atoms with Gasteiger partial charge < -0.3 is 14.0 Å². The smallest absolute Gasteiger partial charge is 0.153 e. The molecule has 0 N–H and O–H groups in total. The molecule has 0 amide bonds. The first-order valence-corrected chi connectivity index (χ1v) is 9.82. The van der Waals surface area contributed by atoms with Crippen LogP contribution in [0.3, 0.4) is 0 Å². The van der Waals surface area contributed by atoms with Crippen LogP contribution in [-0.2, 0) is 6.54 Å². The summed E-state index contributed by atoms with van der Waals surface area (Å²) in [6.45, 7) is 2.55. The third-order valence-electron chi connectivity index (χ3n) is 5.65. The fourth-order valence-corrected chi connectivity index (χ4v) is 4.03. The van der Waals surface area contributed by atoms with E-state index < -0.39 is 0 Å². The van der Waals surface area contributed by atoms with Crippen LogP contribution in [0.25, 0.3) is 0 Å². The number of piperidine rings is 1. The number of nitrogens with zero attached hydrogens (tertiary/aromatic N) is 8. The minimum absolute atomic E-state index is 0.417. The van der Waals surface area contributed by atoms with Crippen LogP contribution in [0.2, 0.25) is 0 Å². The van der Waals surface area contributed by atoms with E-state index in [-0.39, 0.29) is 0 Å². The lowest BCUT2D eigenvalue weighted by molar-refractivity contribution is 0.459. The quantitative estimate of drug-likeness (QED) is 0.682. The van der Waals surface area contributed by atoms with Gasteiger partial charge in [-0.2, -0.15) is 5.26 Å². The average molecular weight is 374 g/mol. The van der Waals surface area contributed by atoms with Crippen LogP contribution in [0.4, 0.5) is 5.82 Å². The van der Waals surface area contributed by atoms with Crippen molar-refractivity contribution in [1.29, 1.82) is 5.26 Å². The van der Waals surface area contributed by atoms with Gasteiger partial charge >= 0.3 is 0 Å². The van der Waals surface area contributed by atoms with Gasteiger partial charge in [0.15, 0.2) is 5.82 Å². The van der Waals surface area contributed by atoms with E-state index in [0.29, 0.717) is 24.1 Å². The monoisotopic (exact) mass is 374 g/mol. The van der Waals surface area contributed by atoms with Crippen LogP contribution in [0, 0.1) is 11.3 Å². The normalized spacial score (nSPS) is 17.6. The summed E-state index contributed by atoms with van der Waals surface area (Å²) in [7, 11) is 0. The van der Waals surface area contributed by atoms with Gasteiger partial charge in [-0.25, -0.2) is 9.97 Å². The number of hydrogen-bond acceptors (Lipinski definition) is 6. The molecule has 2 fully saturated rings. The van der Waals surface area contributed by atoms with E-state index in [1.165, 1.54) is 12.8 Å². The number of aromatic nitrogens is 6. The van der Waals surface area contributed by atoms with E-state index in [1.54, 1.807) is 18.5 Å². The molecule has 0 unspecified atom stereocenters. The maximum absolute atomic E-state index is 9.11. The zero-order valence-corrected chi connectivity index (χ0v) is 15.6. The van der Waals surface area contributed by atoms with Gasteiger partial charge in [-0.15, -0.1) is 10.2 Å². The van der Waals surface area contributed by atoms with Crippen molar-refractivity contribution in [2.75, 3.05) is 18.0 Å². The second kappa shape index (κ2) is 7.08. The van der Waals surface area contributed by atoms with Crippen molar-refractivity contribution in [3.8, 4) is 6.07 Å². The van der Waals surface area contributed by atoms with Gasteiger partial charge in [-0.3, -0.25) is 0 Å². The van der Waals surface area contributed by atoms with Gasteiger partial charge in [-0.1, -0.05) is 0 Å². The first kappa shape index (κ1) is 16.9. The molecule has 1 aliphatic heterocycles. The molecule has 0 spiro atoms. The van der Waals surface area contributed by atoms with Gasteiger partial charge in [0.2, 0.25) is 0 Å². The minimum atomic E-state index is 0.417. The van der Waals surface area contributed by atoms with Crippen LogP contribution in [0.5, 0.6) is 0 Å². The minimum Gasteiger partial charge on any atom is -0.357 e. The largest absolute Gasteiger partial charge is 0.357 e. The van der Waals surface area contributed by atoms with Crippen molar-refractivity contribution in [2.45, 2.75) is 44.2 Å². The molecular weight excluding hydrogens is 352 g/mol. The zero-order valence-electron chi connectivity index (χ0n) is 15.6. The van der Waals surface area contributed by atoms with Gasteiger partial charge in [0.1, 0.15) is 11.6 Å². The third-order valence-corrected chi connectivity index (χ3v) is 5.65. The molecule has 0 radical (unpaired) electrons. The summed E-state index contributed by atoms with van der Waals surface area (Å²) >= 11 is 0. The summed E-state index contributed by atoms with van der Waals surface area (Å²) in [5.74, 6) is 3.47. The maximum atomic E-state index is 9.11. The van der Waals surface area contributed by atoms with Gasteiger partial charge in [0.05, 0.1) is 24.5 Å². The summed E-state index contributed by atoms with van der Waals surface area (Å²) in [5.41, 5.74) is 0.657. The Morgan fingerprint density at radius 1 is 1.11 bits per heavy atom.